The third kappa shape index (κ3) is 5.72. The van der Waals surface area contributed by atoms with Gasteiger partial charge in [-0.1, -0.05) is 0 Å². The summed E-state index contributed by atoms with van der Waals surface area (Å²) in [5.74, 6) is -4.38. The van der Waals surface area contributed by atoms with Gasteiger partial charge >= 0.3 is 14.2 Å². The molecule has 0 aliphatic carbocycles. The molecule has 1 unspecified atom stereocenters. The number of rotatable bonds is 12. The Balaban J connectivity index is 6.99. The monoisotopic (exact) mass is 410 g/mol. The molecule has 0 fully saturated rings. The third-order valence-corrected chi connectivity index (χ3v) is 6.56. The molecule has 0 aromatic carbocycles. The first-order valence-corrected chi connectivity index (χ1v) is 10.3. The second-order valence-electron chi connectivity index (χ2n) is 5.40. The van der Waals surface area contributed by atoms with Crippen LogP contribution in [0.5, 0.6) is 0 Å². The number of carbonyl (C=O) groups excluding carboxylic acids is 3. The maximum Gasteiger partial charge on any atom is 0.774 e. The Labute approximate surface area is 160 Å². The lowest BCUT2D eigenvalue weighted by Crippen LogP contribution is -2.78. The van der Waals surface area contributed by atoms with Crippen LogP contribution in [0.25, 0.3) is 0 Å². The topological polar surface area (TPSA) is 116 Å². The first-order chi connectivity index (χ1) is 12.5. The van der Waals surface area contributed by atoms with Gasteiger partial charge in [-0.15, -0.1) is 0 Å². The highest BCUT2D eigenvalue weighted by Gasteiger charge is 2.81. The molecule has 27 heavy (non-hydrogen) atoms. The molecule has 158 valence electrons. The van der Waals surface area contributed by atoms with Crippen molar-refractivity contribution in [3.63, 3.8) is 0 Å². The van der Waals surface area contributed by atoms with Gasteiger partial charge in [-0.05, 0) is 27.7 Å². The summed E-state index contributed by atoms with van der Waals surface area (Å²) in [4.78, 5) is 35.7. The van der Waals surface area contributed by atoms with Crippen molar-refractivity contribution < 1.29 is 46.6 Å². The Morgan fingerprint density at radius 2 is 1.07 bits per heavy atom. The molecular weight excluding hydrogens is 380 g/mol. The van der Waals surface area contributed by atoms with Gasteiger partial charge in [-0.2, -0.15) is 0 Å². The summed E-state index contributed by atoms with van der Waals surface area (Å²) in [6.45, 7) is 9.75. The summed E-state index contributed by atoms with van der Waals surface area (Å²) in [6.07, 6.45) is 0. The predicted octanol–water partition coefficient (Wildman–Crippen LogP) is 1.32. The highest BCUT2D eigenvalue weighted by molar-refractivity contribution is 6.68. The molecule has 11 heteroatoms. The first-order valence-electron chi connectivity index (χ1n) is 8.55. The number of carbonyl (C=O) groups is 3. The van der Waals surface area contributed by atoms with Crippen LogP contribution < -0.4 is 0 Å². The molecule has 0 heterocycles. The Morgan fingerprint density at radius 1 is 0.741 bits per heavy atom. The highest BCUT2D eigenvalue weighted by atomic mass is 28.4. The van der Waals surface area contributed by atoms with E-state index in [4.69, 9.17) is 32.2 Å². The van der Waals surface area contributed by atoms with E-state index in [9.17, 15) is 14.4 Å². The zero-order valence-electron chi connectivity index (χ0n) is 17.2. The van der Waals surface area contributed by atoms with Gasteiger partial charge in [0.25, 0.3) is 17.9 Å². The average molecular weight is 410 g/mol. The van der Waals surface area contributed by atoms with Crippen LogP contribution in [0.15, 0.2) is 0 Å². The van der Waals surface area contributed by atoms with Gasteiger partial charge in [0.1, 0.15) is 0 Å². The molecule has 0 aliphatic rings. The highest BCUT2D eigenvalue weighted by Crippen LogP contribution is 2.42. The Kier molecular flexibility index (Phi) is 10.1. The Morgan fingerprint density at radius 3 is 1.30 bits per heavy atom. The predicted molar refractivity (Wildman–Crippen MR) is 94.1 cm³/mol. The van der Waals surface area contributed by atoms with E-state index < -0.39 is 37.9 Å². The molecule has 0 bridgehead atoms. The maximum absolute atomic E-state index is 11.9. The van der Waals surface area contributed by atoms with Gasteiger partial charge in [0, 0.05) is 47.7 Å². The summed E-state index contributed by atoms with van der Waals surface area (Å²) in [6, 6.07) is 0. The number of hydrogen-bond donors (Lipinski definition) is 0. The van der Waals surface area contributed by atoms with E-state index in [1.807, 2.05) is 0 Å². The van der Waals surface area contributed by atoms with E-state index in [-0.39, 0.29) is 19.8 Å². The molecule has 0 rings (SSSR count). The lowest BCUT2D eigenvalue weighted by Gasteiger charge is -2.48. The average Bonchev–Trinajstić information content (AvgIpc) is 2.52. The largest absolute Gasteiger partial charge is 0.774 e. The van der Waals surface area contributed by atoms with Crippen molar-refractivity contribution in [2.75, 3.05) is 26.9 Å². The van der Waals surface area contributed by atoms with E-state index in [2.05, 4.69) is 0 Å². The molecule has 0 amide bonds. The van der Waals surface area contributed by atoms with E-state index in [0.717, 1.165) is 20.8 Å². The summed E-state index contributed by atoms with van der Waals surface area (Å²) < 4.78 is 38.8. The molecule has 0 saturated carbocycles. The minimum Gasteiger partial charge on any atom is -0.452 e. The summed E-state index contributed by atoms with van der Waals surface area (Å²) in [5.41, 5.74) is -2.17. The lowest BCUT2D eigenvalue weighted by molar-refractivity contribution is -0.376. The van der Waals surface area contributed by atoms with Crippen LogP contribution >= 0.6 is 0 Å². The van der Waals surface area contributed by atoms with Crippen molar-refractivity contribution >= 4 is 26.7 Å². The van der Waals surface area contributed by atoms with Gasteiger partial charge in [-0.3, -0.25) is 14.4 Å². The second-order valence-corrected chi connectivity index (χ2v) is 7.79. The summed E-state index contributed by atoms with van der Waals surface area (Å²) in [5, 5.41) is 0. The van der Waals surface area contributed by atoms with Gasteiger partial charge in [0.15, 0.2) is 0 Å². The minimum absolute atomic E-state index is 0.00453. The Hall–Kier alpha value is -1.53. The van der Waals surface area contributed by atoms with Crippen LogP contribution in [0.2, 0.25) is 0 Å². The molecule has 0 spiro atoms. The van der Waals surface area contributed by atoms with Crippen LogP contribution in [0, 0.1) is 0 Å². The molecule has 1 atom stereocenters. The molecule has 0 aromatic rings. The van der Waals surface area contributed by atoms with Crippen molar-refractivity contribution in [2.24, 2.45) is 0 Å². The van der Waals surface area contributed by atoms with Crippen molar-refractivity contribution in [1.29, 1.82) is 0 Å². The van der Waals surface area contributed by atoms with E-state index >= 15 is 0 Å². The zero-order chi connectivity index (χ0) is 21.3. The van der Waals surface area contributed by atoms with Crippen molar-refractivity contribution in [1.82, 2.24) is 0 Å². The fourth-order valence-electron chi connectivity index (χ4n) is 2.56. The van der Waals surface area contributed by atoms with E-state index in [1.54, 1.807) is 20.8 Å². The second kappa shape index (κ2) is 10.7. The quantitative estimate of drug-likeness (QED) is 0.344. The van der Waals surface area contributed by atoms with Crippen molar-refractivity contribution in [3.05, 3.63) is 0 Å². The number of hydrogen-bond acceptors (Lipinski definition) is 10. The molecule has 0 radical (unpaired) electrons. The Bertz CT molecular complexity index is 477. The fourth-order valence-corrected chi connectivity index (χ4v) is 5.60. The van der Waals surface area contributed by atoms with Gasteiger partial charge in [-0.25, -0.2) is 0 Å². The van der Waals surface area contributed by atoms with Crippen molar-refractivity contribution in [2.45, 2.75) is 59.7 Å². The standard InChI is InChI=1S/C16H30O10Si/c1-9-21-15(7,20-8)16(22-10-2,23-11-3)27(24-12(4)17,25-13(5)18)26-14(6)19/h9-11H2,1-8H3. The third-order valence-electron chi connectivity index (χ3n) is 3.34. The maximum atomic E-state index is 11.9. The zero-order valence-corrected chi connectivity index (χ0v) is 18.2. The smallest absolute Gasteiger partial charge is 0.452 e. The van der Waals surface area contributed by atoms with Crippen molar-refractivity contribution in [3.8, 4) is 0 Å². The van der Waals surface area contributed by atoms with Crippen LogP contribution in [0.1, 0.15) is 48.5 Å². The van der Waals surface area contributed by atoms with Gasteiger partial charge in [0.05, 0.1) is 0 Å². The fraction of sp³-hybridized carbons (Fsp3) is 0.812. The van der Waals surface area contributed by atoms with Gasteiger partial charge < -0.3 is 32.2 Å². The first kappa shape index (κ1) is 25.5. The normalized spacial score (nSPS) is 14.2. The summed E-state index contributed by atoms with van der Waals surface area (Å²) in [7, 11) is -3.44. The molecule has 0 aromatic heterocycles. The van der Waals surface area contributed by atoms with E-state index in [1.165, 1.54) is 14.0 Å². The lowest BCUT2D eigenvalue weighted by atomic mass is 10.3. The number of ether oxygens (including phenoxy) is 4. The molecule has 0 aliphatic heterocycles. The minimum atomic E-state index is -4.74. The number of methoxy groups -OCH3 is 1. The molecule has 0 saturated heterocycles. The van der Waals surface area contributed by atoms with Crippen LogP contribution in [-0.2, 0) is 46.6 Å². The molecule has 10 nitrogen and oxygen atoms in total. The summed E-state index contributed by atoms with van der Waals surface area (Å²) >= 11 is 0. The van der Waals surface area contributed by atoms with Crippen LogP contribution in [-0.4, -0.2) is 64.8 Å². The van der Waals surface area contributed by atoms with E-state index in [0.29, 0.717) is 0 Å². The molecule has 0 N–H and O–H groups in total. The van der Waals surface area contributed by atoms with Crippen LogP contribution in [0.3, 0.4) is 0 Å². The SMILES string of the molecule is CCOC(C)(OC)C(OCC)(OCC)[Si](OC(C)=O)(OC(C)=O)OC(C)=O. The van der Waals surface area contributed by atoms with Crippen LogP contribution in [0.4, 0.5) is 0 Å². The van der Waals surface area contributed by atoms with Gasteiger partial charge in [0.2, 0.25) is 5.79 Å². The molecular formula is C16H30O10Si.